The molecule has 0 amide bonds. The van der Waals surface area contributed by atoms with Crippen molar-refractivity contribution in [2.45, 2.75) is 65.2 Å². The van der Waals surface area contributed by atoms with Gasteiger partial charge in [-0.1, -0.05) is 0 Å². The normalized spacial score (nSPS) is 27.5. The minimum Gasteiger partial charge on any atom is -0.462 e. The molecule has 1 aliphatic rings. The highest BCUT2D eigenvalue weighted by Gasteiger charge is 2.55. The summed E-state index contributed by atoms with van der Waals surface area (Å²) >= 11 is 0. The van der Waals surface area contributed by atoms with E-state index in [0.717, 1.165) is 0 Å². The Hall–Kier alpha value is -2.69. The summed E-state index contributed by atoms with van der Waals surface area (Å²) in [5.41, 5.74) is 0. The van der Waals surface area contributed by atoms with Gasteiger partial charge in [-0.3, -0.25) is 24.0 Å². The summed E-state index contributed by atoms with van der Waals surface area (Å²) < 4.78 is 65.5. The molecule has 0 radical (unpaired) electrons. The molecule has 0 bridgehead atoms. The number of esters is 5. The van der Waals surface area contributed by atoms with Crippen molar-refractivity contribution in [3.8, 4) is 0 Å². The third-order valence-electron chi connectivity index (χ3n) is 3.05. The number of hydrogen-bond donors (Lipinski definition) is 0. The Morgan fingerprint density at radius 3 is 1.96 bits per heavy atom. The van der Waals surface area contributed by atoms with Crippen molar-refractivity contribution < 1.29 is 59.2 Å². The first-order valence-electron chi connectivity index (χ1n) is 10.8. The van der Waals surface area contributed by atoms with Gasteiger partial charge < -0.3 is 28.4 Å². The van der Waals surface area contributed by atoms with E-state index in [1.54, 1.807) is 0 Å². The molecule has 0 saturated carbocycles. The first-order valence-corrected chi connectivity index (χ1v) is 7.25. The molecule has 1 saturated heterocycles. The van der Waals surface area contributed by atoms with Crippen molar-refractivity contribution in [3.63, 3.8) is 0 Å². The molecule has 5 atom stereocenters. The highest BCUT2D eigenvalue weighted by atomic mass is 16.8. The standard InChI is InChI=1S/C16H22O11/c1-7(17)22-6-12(23-8(2)18)13-14(24-9(3)19)15(25-10(4)20)16(27-13)26-11(5)21/h12-16H,6H2,1-5H3/t12-,13-,14+,15-,16?/m1/s1/i1D,2D,3D,4D,5D. The van der Waals surface area contributed by atoms with Crippen molar-refractivity contribution in [1.82, 2.24) is 0 Å². The lowest BCUT2D eigenvalue weighted by Gasteiger charge is -2.27. The van der Waals surface area contributed by atoms with Gasteiger partial charge in [0.25, 0.3) is 0 Å². The summed E-state index contributed by atoms with van der Waals surface area (Å²) in [6, 6.07) is 0. The Kier molecular flexibility index (Phi) is 5.61. The quantitative estimate of drug-likeness (QED) is 0.412. The molecule has 152 valence electrons. The van der Waals surface area contributed by atoms with Crippen molar-refractivity contribution in [3.05, 3.63) is 0 Å². The molecule has 0 spiro atoms. The van der Waals surface area contributed by atoms with Crippen molar-refractivity contribution in [2.75, 3.05) is 6.61 Å². The molecule has 1 fully saturated rings. The van der Waals surface area contributed by atoms with Crippen LogP contribution >= 0.6 is 0 Å². The van der Waals surface area contributed by atoms with Crippen LogP contribution in [-0.4, -0.2) is 67.2 Å². The zero-order valence-electron chi connectivity index (χ0n) is 19.1. The zero-order valence-corrected chi connectivity index (χ0v) is 14.1. The van der Waals surface area contributed by atoms with Gasteiger partial charge in [0.15, 0.2) is 12.2 Å². The third kappa shape index (κ3) is 7.21. The summed E-state index contributed by atoms with van der Waals surface area (Å²) in [5.74, 6) is -5.48. The van der Waals surface area contributed by atoms with Crippen LogP contribution in [0, 0.1) is 0 Å². The van der Waals surface area contributed by atoms with Gasteiger partial charge in [0.2, 0.25) is 12.4 Å². The lowest BCUT2D eigenvalue weighted by Crippen LogP contribution is -2.46. The van der Waals surface area contributed by atoms with Gasteiger partial charge in [-0.2, -0.15) is 0 Å². The first-order chi connectivity index (χ1) is 15.2. The van der Waals surface area contributed by atoms with Gasteiger partial charge in [0.05, 0.1) is 0 Å². The van der Waals surface area contributed by atoms with Gasteiger partial charge in [-0.25, -0.2) is 0 Å². The van der Waals surface area contributed by atoms with Gasteiger partial charge in [-0.05, 0) is 0 Å². The number of hydrogen-bond acceptors (Lipinski definition) is 11. The monoisotopic (exact) mass is 395 g/mol. The maximum absolute atomic E-state index is 11.8. The fourth-order valence-corrected chi connectivity index (χ4v) is 2.28. The summed E-state index contributed by atoms with van der Waals surface area (Å²) in [5, 5.41) is 0. The molecule has 1 heterocycles. The van der Waals surface area contributed by atoms with Crippen molar-refractivity contribution >= 4 is 29.8 Å². The second kappa shape index (κ2) is 9.86. The van der Waals surface area contributed by atoms with E-state index in [-0.39, 0.29) is 0 Å². The van der Waals surface area contributed by atoms with Crippen LogP contribution in [-0.2, 0) is 52.4 Å². The van der Waals surface area contributed by atoms with Crippen LogP contribution in [0.3, 0.4) is 0 Å². The topological polar surface area (TPSA) is 141 Å². The van der Waals surface area contributed by atoms with E-state index in [4.69, 9.17) is 35.3 Å². The molecule has 0 aromatic heterocycles. The average molecular weight is 395 g/mol. The minimum atomic E-state index is -1.76. The molecule has 1 unspecified atom stereocenters. The lowest BCUT2D eigenvalue weighted by atomic mass is 10.1. The Bertz CT molecular complexity index is 691. The second-order valence-electron chi connectivity index (χ2n) is 5.08. The number of carbonyl (C=O) groups excluding carboxylic acids is 5. The highest BCUT2D eigenvalue weighted by Crippen LogP contribution is 2.31. The molecule has 27 heavy (non-hydrogen) atoms. The number of carbonyl (C=O) groups is 5. The molecule has 11 nitrogen and oxygen atoms in total. The zero-order chi connectivity index (χ0) is 24.3. The van der Waals surface area contributed by atoms with Crippen molar-refractivity contribution in [1.29, 1.82) is 0 Å². The Morgan fingerprint density at radius 1 is 0.815 bits per heavy atom. The second-order valence-corrected chi connectivity index (χ2v) is 5.08. The Labute approximate surface area is 162 Å². The molecule has 1 aliphatic heterocycles. The molecular weight excluding hydrogens is 368 g/mol. The predicted octanol–water partition coefficient (Wildman–Crippen LogP) is -0.367. The van der Waals surface area contributed by atoms with Crippen LogP contribution in [0.2, 0.25) is 0 Å². The van der Waals surface area contributed by atoms with Gasteiger partial charge in [-0.15, -0.1) is 0 Å². The predicted molar refractivity (Wildman–Crippen MR) is 83.7 cm³/mol. The molecule has 0 aromatic rings. The smallest absolute Gasteiger partial charge is 0.305 e. The fraction of sp³-hybridized carbons (Fsp3) is 0.688. The molecular formula is C16H22O11. The van der Waals surface area contributed by atoms with E-state index in [1.165, 1.54) is 0 Å². The van der Waals surface area contributed by atoms with Crippen LogP contribution in [0.4, 0.5) is 0 Å². The first kappa shape index (κ1) is 15.4. The van der Waals surface area contributed by atoms with E-state index in [9.17, 15) is 24.0 Å². The summed E-state index contributed by atoms with van der Waals surface area (Å²) in [6.45, 7) is -4.92. The molecule has 0 aliphatic carbocycles. The number of rotatable bonds is 7. The molecule has 11 heteroatoms. The Balaban J connectivity index is 3.31. The molecule has 1 rings (SSSR count). The molecule has 0 N–H and O–H groups in total. The van der Waals surface area contributed by atoms with Crippen LogP contribution in [0.25, 0.3) is 0 Å². The van der Waals surface area contributed by atoms with Gasteiger partial charge >= 0.3 is 29.8 Å². The summed E-state index contributed by atoms with van der Waals surface area (Å²) in [7, 11) is 0. The minimum absolute atomic E-state index is 0.721. The van der Waals surface area contributed by atoms with E-state index in [2.05, 4.69) is 0 Å². The van der Waals surface area contributed by atoms with Crippen LogP contribution in [0.5, 0.6) is 0 Å². The van der Waals surface area contributed by atoms with Crippen LogP contribution < -0.4 is 0 Å². The SMILES string of the molecule is [2H]CC(=O)OC[C@@H](OC(=O)C[2H])[C@H]1OC(OC(=O)C[2H])[C@H](OC(=O)C[2H])[C@H]1OC(=O)C[2H]. The van der Waals surface area contributed by atoms with Crippen LogP contribution in [0.15, 0.2) is 0 Å². The van der Waals surface area contributed by atoms with E-state index >= 15 is 0 Å². The average Bonchev–Trinajstić information content (AvgIpc) is 3.11. The summed E-state index contributed by atoms with van der Waals surface area (Å²) in [4.78, 5) is 58.1. The van der Waals surface area contributed by atoms with E-state index in [1.807, 2.05) is 0 Å². The Morgan fingerprint density at radius 2 is 1.37 bits per heavy atom. The number of ether oxygens (including phenoxy) is 6. The third-order valence-corrected chi connectivity index (χ3v) is 3.05. The largest absolute Gasteiger partial charge is 0.462 e. The van der Waals surface area contributed by atoms with Gasteiger partial charge in [0, 0.05) is 41.4 Å². The maximum atomic E-state index is 11.8. The van der Waals surface area contributed by atoms with Crippen molar-refractivity contribution in [2.24, 2.45) is 0 Å². The maximum Gasteiger partial charge on any atom is 0.305 e. The summed E-state index contributed by atoms with van der Waals surface area (Å²) in [6.07, 6.45) is -8.23. The molecule has 0 aromatic carbocycles. The fourth-order valence-electron chi connectivity index (χ4n) is 2.28. The van der Waals surface area contributed by atoms with E-state index < -0.39 is 102 Å². The van der Waals surface area contributed by atoms with Crippen LogP contribution in [0.1, 0.15) is 41.4 Å². The van der Waals surface area contributed by atoms with E-state index in [0.29, 0.717) is 0 Å². The highest BCUT2D eigenvalue weighted by molar-refractivity contribution is 5.69. The van der Waals surface area contributed by atoms with Gasteiger partial charge in [0.1, 0.15) is 12.7 Å². The lowest BCUT2D eigenvalue weighted by molar-refractivity contribution is -0.203.